The molecule has 0 radical (unpaired) electrons. The number of carbonyl (C=O) groups is 3. The Balaban J connectivity index is 1.96. The minimum Gasteiger partial charge on any atom is -0.478 e. The number of carboxylic acid groups (broad SMARTS) is 1. The maximum atomic E-state index is 13.2. The number of benzene rings is 2. The average Bonchev–Trinajstić information content (AvgIpc) is 2.78. The number of aromatic carboxylic acids is 1. The van der Waals surface area contributed by atoms with Crippen LogP contribution in [0.2, 0.25) is 0 Å². The molecular weight excluding hydrogens is 484 g/mol. The lowest BCUT2D eigenvalue weighted by Crippen LogP contribution is -2.49. The number of hydrogen-bond acceptors (Lipinski definition) is 4. The van der Waals surface area contributed by atoms with Crippen LogP contribution in [0.3, 0.4) is 0 Å². The fraction of sp³-hybridized carbons (Fsp3) is 0.348. The van der Waals surface area contributed by atoms with Gasteiger partial charge in [-0.15, -0.1) is 0 Å². The summed E-state index contributed by atoms with van der Waals surface area (Å²) in [5, 5.41) is 9.03. The molecule has 1 N–H and O–H groups in total. The van der Waals surface area contributed by atoms with Crippen LogP contribution in [0.1, 0.15) is 50.2 Å². The molecule has 0 unspecified atom stereocenters. The number of amides is 1. The van der Waals surface area contributed by atoms with Crippen LogP contribution in [0.4, 0.5) is 26.3 Å². The summed E-state index contributed by atoms with van der Waals surface area (Å²) < 4.78 is 84.5. The van der Waals surface area contributed by atoms with Crippen molar-refractivity contribution in [3.63, 3.8) is 0 Å². The van der Waals surface area contributed by atoms with Crippen molar-refractivity contribution in [1.29, 1.82) is 0 Å². The molecule has 1 fully saturated rings. The number of alkyl halides is 6. The molecule has 2 atom stereocenters. The predicted molar refractivity (Wildman–Crippen MR) is 109 cm³/mol. The zero-order valence-corrected chi connectivity index (χ0v) is 17.9. The predicted octanol–water partition coefficient (Wildman–Crippen LogP) is 4.81. The van der Waals surface area contributed by atoms with Crippen molar-refractivity contribution < 1.29 is 50.6 Å². The molecule has 35 heavy (non-hydrogen) atoms. The Morgan fingerprint density at radius 3 is 2.03 bits per heavy atom. The number of carboxylic acids is 1. The number of rotatable bonds is 6. The van der Waals surface area contributed by atoms with Crippen LogP contribution < -0.4 is 0 Å². The maximum absolute atomic E-state index is 13.2. The van der Waals surface area contributed by atoms with Crippen LogP contribution in [0.5, 0.6) is 0 Å². The molecule has 0 spiro atoms. The first-order valence-corrected chi connectivity index (χ1v) is 10.3. The quantitative estimate of drug-likeness (QED) is 0.452. The van der Waals surface area contributed by atoms with E-state index in [9.17, 15) is 40.7 Å². The third-order valence-electron chi connectivity index (χ3n) is 5.68. The molecule has 3 rings (SSSR count). The van der Waals surface area contributed by atoms with Crippen molar-refractivity contribution in [2.75, 3.05) is 6.54 Å². The second-order valence-electron chi connectivity index (χ2n) is 8.03. The smallest absolute Gasteiger partial charge is 0.416 e. The van der Waals surface area contributed by atoms with E-state index in [4.69, 9.17) is 9.84 Å². The number of carbonyl (C=O) groups excluding carboxylic acids is 2. The van der Waals surface area contributed by atoms with Crippen LogP contribution >= 0.6 is 0 Å². The summed E-state index contributed by atoms with van der Waals surface area (Å²) in [6.45, 7) is 0.149. The molecule has 6 nitrogen and oxygen atoms in total. The van der Waals surface area contributed by atoms with Crippen LogP contribution in [-0.2, 0) is 28.3 Å². The standard InChI is InChI=1S/C23H19F6NO5/c24-22(25,26)16-8-15(9-17(10-16)23(27,28)29)20(32)30-6-5-19(35-12-31)11-18(30)7-13-1-3-14(4-2-13)21(33)34/h1-4,8-10,12,18-19H,5-7,11H2,(H,33,34)/t18-,19+/m1/s1. The number of ether oxygens (including phenoxy) is 1. The number of nitrogens with zero attached hydrogens (tertiary/aromatic N) is 1. The third-order valence-corrected chi connectivity index (χ3v) is 5.68. The molecule has 0 bridgehead atoms. The van der Waals surface area contributed by atoms with E-state index in [1.165, 1.54) is 24.3 Å². The highest BCUT2D eigenvalue weighted by Gasteiger charge is 2.39. The van der Waals surface area contributed by atoms with Crippen LogP contribution in [-0.4, -0.2) is 47.0 Å². The number of hydrogen-bond donors (Lipinski definition) is 1. The normalized spacial score (nSPS) is 18.7. The molecule has 1 heterocycles. The van der Waals surface area contributed by atoms with Gasteiger partial charge in [-0.25, -0.2) is 4.79 Å². The summed E-state index contributed by atoms with van der Waals surface area (Å²) in [7, 11) is 0. The van der Waals surface area contributed by atoms with Gasteiger partial charge in [-0.3, -0.25) is 9.59 Å². The minimum atomic E-state index is -5.10. The van der Waals surface area contributed by atoms with E-state index in [0.717, 1.165) is 4.90 Å². The molecule has 2 aromatic carbocycles. The topological polar surface area (TPSA) is 83.9 Å². The highest BCUT2D eigenvalue weighted by atomic mass is 19.4. The van der Waals surface area contributed by atoms with E-state index >= 15 is 0 Å². The molecule has 1 aliphatic rings. The Morgan fingerprint density at radius 1 is 0.971 bits per heavy atom. The maximum Gasteiger partial charge on any atom is 0.416 e. The first-order valence-electron chi connectivity index (χ1n) is 10.3. The van der Waals surface area contributed by atoms with E-state index < -0.39 is 53.1 Å². The largest absolute Gasteiger partial charge is 0.478 e. The first-order chi connectivity index (χ1) is 16.3. The highest BCUT2D eigenvalue weighted by molar-refractivity contribution is 5.95. The number of piperidine rings is 1. The van der Waals surface area contributed by atoms with Crippen molar-refractivity contribution in [1.82, 2.24) is 4.90 Å². The summed E-state index contributed by atoms with van der Waals surface area (Å²) in [6.07, 6.45) is -10.5. The monoisotopic (exact) mass is 503 g/mol. The molecular formula is C23H19F6NO5. The van der Waals surface area contributed by atoms with E-state index in [1.807, 2.05) is 0 Å². The second kappa shape index (κ2) is 9.96. The van der Waals surface area contributed by atoms with Crippen LogP contribution in [0.15, 0.2) is 42.5 Å². The fourth-order valence-corrected chi connectivity index (χ4v) is 3.98. The molecule has 0 aliphatic carbocycles. The van der Waals surface area contributed by atoms with Gasteiger partial charge in [0.25, 0.3) is 12.4 Å². The number of likely N-dealkylation sites (tertiary alicyclic amines) is 1. The SMILES string of the molecule is O=CO[C@H]1CCN(C(=O)c2cc(C(F)(F)F)cc(C(F)(F)F)c2)[C@H](Cc2ccc(C(=O)O)cc2)C1. The van der Waals surface area contributed by atoms with Gasteiger partial charge in [0.1, 0.15) is 6.10 Å². The summed E-state index contributed by atoms with van der Waals surface area (Å²) in [6, 6.07) is 5.60. The fourth-order valence-electron chi connectivity index (χ4n) is 3.98. The molecule has 1 saturated heterocycles. The zero-order chi connectivity index (χ0) is 26.0. The Kier molecular flexibility index (Phi) is 7.41. The Morgan fingerprint density at radius 2 is 1.54 bits per heavy atom. The van der Waals surface area contributed by atoms with Crippen molar-refractivity contribution in [3.05, 3.63) is 70.3 Å². The van der Waals surface area contributed by atoms with Crippen molar-refractivity contribution >= 4 is 18.3 Å². The Hall–Kier alpha value is -3.57. The van der Waals surface area contributed by atoms with E-state index in [1.54, 1.807) is 0 Å². The van der Waals surface area contributed by atoms with Gasteiger partial charge in [-0.05, 0) is 42.3 Å². The molecule has 0 saturated carbocycles. The third kappa shape index (κ3) is 6.31. The van der Waals surface area contributed by atoms with E-state index in [-0.39, 0.29) is 43.9 Å². The van der Waals surface area contributed by atoms with E-state index in [2.05, 4.69) is 0 Å². The highest BCUT2D eigenvalue weighted by Crippen LogP contribution is 2.37. The van der Waals surface area contributed by atoms with Gasteiger partial charge in [0, 0.05) is 31.0 Å². The Labute approximate surface area is 195 Å². The molecule has 188 valence electrons. The second-order valence-corrected chi connectivity index (χ2v) is 8.03. The van der Waals surface area contributed by atoms with Crippen molar-refractivity contribution in [3.8, 4) is 0 Å². The van der Waals surface area contributed by atoms with Crippen LogP contribution in [0, 0.1) is 0 Å². The van der Waals surface area contributed by atoms with Gasteiger partial charge in [-0.2, -0.15) is 26.3 Å². The van der Waals surface area contributed by atoms with Gasteiger partial charge in [-0.1, -0.05) is 12.1 Å². The van der Waals surface area contributed by atoms with E-state index in [0.29, 0.717) is 17.7 Å². The molecule has 1 aliphatic heterocycles. The summed E-state index contributed by atoms with van der Waals surface area (Å²) in [5.41, 5.74) is -3.39. The lowest BCUT2D eigenvalue weighted by atomic mass is 9.92. The molecule has 12 heteroatoms. The van der Waals surface area contributed by atoms with Crippen LogP contribution in [0.25, 0.3) is 0 Å². The molecule has 2 aromatic rings. The Bertz CT molecular complexity index is 1060. The zero-order valence-electron chi connectivity index (χ0n) is 17.9. The van der Waals surface area contributed by atoms with Crippen molar-refractivity contribution in [2.24, 2.45) is 0 Å². The van der Waals surface area contributed by atoms with Crippen molar-refractivity contribution in [2.45, 2.75) is 43.8 Å². The van der Waals surface area contributed by atoms with Gasteiger partial charge in [0.2, 0.25) is 0 Å². The van der Waals surface area contributed by atoms with Gasteiger partial charge in [0.05, 0.1) is 16.7 Å². The van der Waals surface area contributed by atoms with Gasteiger partial charge < -0.3 is 14.7 Å². The average molecular weight is 503 g/mol. The van der Waals surface area contributed by atoms with Gasteiger partial charge in [0.15, 0.2) is 0 Å². The minimum absolute atomic E-state index is 0.0103. The summed E-state index contributed by atoms with van der Waals surface area (Å²) in [5.74, 6) is -2.19. The first kappa shape index (κ1) is 26.0. The lowest BCUT2D eigenvalue weighted by Gasteiger charge is -2.39. The molecule has 1 amide bonds. The summed E-state index contributed by atoms with van der Waals surface area (Å²) >= 11 is 0. The molecule has 0 aromatic heterocycles. The summed E-state index contributed by atoms with van der Waals surface area (Å²) in [4.78, 5) is 36.1. The number of halogens is 6. The van der Waals surface area contributed by atoms with Gasteiger partial charge >= 0.3 is 18.3 Å². The lowest BCUT2D eigenvalue weighted by molar-refractivity contribution is -0.143.